The Kier molecular flexibility index (Phi) is 6.03. The van der Waals surface area contributed by atoms with Gasteiger partial charge in [-0.3, -0.25) is 9.52 Å². The van der Waals surface area contributed by atoms with Crippen molar-refractivity contribution < 1.29 is 21.6 Å². The van der Waals surface area contributed by atoms with Crippen LogP contribution in [0, 0.1) is 5.92 Å². The molecule has 2 heterocycles. The van der Waals surface area contributed by atoms with E-state index in [1.54, 1.807) is 12.1 Å². The zero-order valence-electron chi connectivity index (χ0n) is 16.9. The fraction of sp³-hybridized carbons (Fsp3) is 0.500. The van der Waals surface area contributed by atoms with Crippen LogP contribution in [-0.4, -0.2) is 56.6 Å². The van der Waals surface area contributed by atoms with Crippen molar-refractivity contribution in [3.8, 4) is 0 Å². The van der Waals surface area contributed by atoms with Gasteiger partial charge >= 0.3 is 0 Å². The summed E-state index contributed by atoms with van der Waals surface area (Å²) < 4.78 is 52.2. The van der Waals surface area contributed by atoms with Crippen molar-refractivity contribution in [3.63, 3.8) is 0 Å². The first-order chi connectivity index (χ1) is 14.6. The molecule has 4 rings (SSSR count). The summed E-state index contributed by atoms with van der Waals surface area (Å²) in [5.74, 6) is -0.640. The molecule has 13 heteroatoms. The van der Waals surface area contributed by atoms with E-state index in [4.69, 9.17) is 0 Å². The first-order valence-corrected chi connectivity index (χ1v) is 14.0. The molecule has 0 unspecified atom stereocenters. The summed E-state index contributed by atoms with van der Waals surface area (Å²) in [6.45, 7) is 0.517. The van der Waals surface area contributed by atoms with E-state index in [1.165, 1.54) is 9.87 Å². The van der Waals surface area contributed by atoms with Crippen LogP contribution in [0.4, 0.5) is 10.3 Å². The lowest BCUT2D eigenvalue weighted by Gasteiger charge is -2.30. The van der Waals surface area contributed by atoms with Gasteiger partial charge in [0.05, 0.1) is 11.2 Å². The number of anilines is 2. The molecule has 2 N–H and O–H groups in total. The van der Waals surface area contributed by atoms with E-state index in [0.717, 1.165) is 42.4 Å². The highest BCUT2D eigenvalue weighted by Crippen LogP contribution is 2.29. The molecule has 1 aliphatic carbocycles. The van der Waals surface area contributed by atoms with Gasteiger partial charge in [-0.25, -0.2) is 16.8 Å². The van der Waals surface area contributed by atoms with Gasteiger partial charge in [-0.2, -0.15) is 4.31 Å². The number of rotatable bonds is 6. The van der Waals surface area contributed by atoms with Crippen molar-refractivity contribution in [1.29, 1.82) is 0 Å². The molecule has 1 aromatic heterocycles. The second-order valence-corrected chi connectivity index (χ2v) is 12.4. The summed E-state index contributed by atoms with van der Waals surface area (Å²) in [6.07, 6.45) is 4.74. The molecule has 0 atom stereocenters. The maximum Gasteiger partial charge on any atom is 0.243 e. The minimum absolute atomic E-state index is 0.0630. The molecule has 1 aromatic carbocycles. The second-order valence-electron chi connectivity index (χ2n) is 7.74. The third kappa shape index (κ3) is 5.05. The molecule has 2 aromatic rings. The SMILES string of the molecule is CS(=O)(=O)Nc1nnc(NC(=O)C2CCN(S(=O)(=O)c3ccc4c(c3)CCC4)CC2)s1. The molecular formula is C18H23N5O5S3. The number of hydrogen-bond acceptors (Lipinski definition) is 8. The van der Waals surface area contributed by atoms with Crippen molar-refractivity contribution in [2.24, 2.45) is 5.92 Å². The van der Waals surface area contributed by atoms with Crippen molar-refractivity contribution >= 4 is 47.6 Å². The maximum atomic E-state index is 13.0. The quantitative estimate of drug-likeness (QED) is 0.631. The van der Waals surface area contributed by atoms with Crippen molar-refractivity contribution in [2.45, 2.75) is 37.0 Å². The van der Waals surface area contributed by atoms with E-state index < -0.39 is 20.0 Å². The number of amides is 1. The summed E-state index contributed by atoms with van der Waals surface area (Å²) in [6, 6.07) is 5.37. The predicted molar refractivity (Wildman–Crippen MR) is 117 cm³/mol. The minimum Gasteiger partial charge on any atom is -0.300 e. The zero-order chi connectivity index (χ0) is 22.2. The zero-order valence-corrected chi connectivity index (χ0v) is 19.3. The summed E-state index contributed by atoms with van der Waals surface area (Å²) in [5, 5.41) is 10.3. The van der Waals surface area contributed by atoms with Crippen LogP contribution in [-0.2, 0) is 37.7 Å². The van der Waals surface area contributed by atoms with Crippen LogP contribution >= 0.6 is 11.3 Å². The van der Waals surface area contributed by atoms with Gasteiger partial charge in [0.2, 0.25) is 36.2 Å². The molecular weight excluding hydrogens is 462 g/mol. The number of carbonyl (C=O) groups is 1. The molecule has 168 valence electrons. The number of nitrogens with zero attached hydrogens (tertiary/aromatic N) is 3. The van der Waals surface area contributed by atoms with Crippen molar-refractivity contribution in [2.75, 3.05) is 29.4 Å². The van der Waals surface area contributed by atoms with E-state index in [2.05, 4.69) is 20.2 Å². The number of sulfonamides is 2. The number of hydrogen-bond donors (Lipinski definition) is 2. The minimum atomic E-state index is -3.59. The lowest BCUT2D eigenvalue weighted by Crippen LogP contribution is -2.41. The van der Waals surface area contributed by atoms with Crippen LogP contribution < -0.4 is 10.0 Å². The van der Waals surface area contributed by atoms with Gasteiger partial charge in [-0.15, -0.1) is 10.2 Å². The van der Waals surface area contributed by atoms with Crippen LogP contribution in [0.5, 0.6) is 0 Å². The maximum absolute atomic E-state index is 13.0. The van der Waals surface area contributed by atoms with Gasteiger partial charge in [-0.05, 0) is 55.4 Å². The number of aromatic nitrogens is 2. The molecule has 1 aliphatic heterocycles. The lowest BCUT2D eigenvalue weighted by atomic mass is 9.97. The average molecular weight is 486 g/mol. The van der Waals surface area contributed by atoms with Crippen LogP contribution in [0.2, 0.25) is 0 Å². The number of aryl methyl sites for hydroxylation is 2. The second kappa shape index (κ2) is 8.45. The van der Waals surface area contributed by atoms with Crippen molar-refractivity contribution in [1.82, 2.24) is 14.5 Å². The first-order valence-electron chi connectivity index (χ1n) is 9.86. The molecule has 1 saturated heterocycles. The topological polar surface area (TPSA) is 138 Å². The smallest absolute Gasteiger partial charge is 0.243 e. The Morgan fingerprint density at radius 3 is 2.45 bits per heavy atom. The molecule has 2 aliphatic rings. The average Bonchev–Trinajstić information content (AvgIpc) is 3.35. The van der Waals surface area contributed by atoms with Crippen LogP contribution in [0.1, 0.15) is 30.4 Å². The molecule has 31 heavy (non-hydrogen) atoms. The number of piperidine rings is 1. The Balaban J connectivity index is 1.35. The molecule has 1 amide bonds. The van der Waals surface area contributed by atoms with Gasteiger partial charge in [0.25, 0.3) is 0 Å². The Morgan fingerprint density at radius 1 is 1.06 bits per heavy atom. The number of fused-ring (bicyclic) bond motifs is 1. The first kappa shape index (κ1) is 22.1. The van der Waals surface area contributed by atoms with Gasteiger partial charge in [-0.1, -0.05) is 17.4 Å². The van der Waals surface area contributed by atoms with E-state index in [-0.39, 0.29) is 35.2 Å². The molecule has 0 radical (unpaired) electrons. The highest BCUT2D eigenvalue weighted by Gasteiger charge is 2.33. The van der Waals surface area contributed by atoms with Crippen molar-refractivity contribution in [3.05, 3.63) is 29.3 Å². The van der Waals surface area contributed by atoms with Crippen LogP contribution in [0.25, 0.3) is 0 Å². The molecule has 0 bridgehead atoms. The molecule has 1 fully saturated rings. The Hall–Kier alpha value is -2.09. The highest BCUT2D eigenvalue weighted by atomic mass is 32.2. The van der Waals surface area contributed by atoms with Gasteiger partial charge in [0, 0.05) is 19.0 Å². The largest absolute Gasteiger partial charge is 0.300 e. The third-order valence-corrected chi connectivity index (χ3v) is 8.80. The standard InChI is InChI=1S/C18H23N5O5S3/c1-30(25,26)22-18-21-20-17(29-18)19-16(24)13-7-9-23(10-8-13)31(27,28)15-6-5-12-3-2-4-14(12)11-15/h5-6,11,13H,2-4,7-10H2,1H3,(H,21,22)(H,19,20,24). The van der Waals surface area contributed by atoms with Crippen LogP contribution in [0.15, 0.2) is 23.1 Å². The Morgan fingerprint density at radius 2 is 1.74 bits per heavy atom. The number of nitrogens with one attached hydrogen (secondary N) is 2. The summed E-state index contributed by atoms with van der Waals surface area (Å²) in [7, 11) is -7.07. The molecule has 10 nitrogen and oxygen atoms in total. The normalized spacial score (nSPS) is 18.0. The fourth-order valence-electron chi connectivity index (χ4n) is 3.90. The predicted octanol–water partition coefficient (Wildman–Crippen LogP) is 1.44. The van der Waals surface area contributed by atoms with Gasteiger partial charge in [0.15, 0.2) is 0 Å². The van der Waals surface area contributed by atoms with Crippen LogP contribution in [0.3, 0.4) is 0 Å². The fourth-order valence-corrected chi connectivity index (χ4v) is 6.89. The van der Waals surface area contributed by atoms with E-state index in [0.29, 0.717) is 17.7 Å². The highest BCUT2D eigenvalue weighted by molar-refractivity contribution is 7.92. The van der Waals surface area contributed by atoms with E-state index in [1.807, 2.05) is 6.07 Å². The summed E-state index contributed by atoms with van der Waals surface area (Å²) in [4.78, 5) is 12.9. The monoisotopic (exact) mass is 485 g/mol. The summed E-state index contributed by atoms with van der Waals surface area (Å²) in [5.41, 5.74) is 2.33. The molecule has 0 saturated carbocycles. The number of carbonyl (C=O) groups excluding carboxylic acids is 1. The van der Waals surface area contributed by atoms with E-state index in [9.17, 15) is 21.6 Å². The molecule has 0 spiro atoms. The van der Waals surface area contributed by atoms with E-state index >= 15 is 0 Å². The lowest BCUT2D eigenvalue weighted by molar-refractivity contribution is -0.120. The number of benzene rings is 1. The Labute approximate surface area is 185 Å². The van der Waals surface area contributed by atoms with Gasteiger partial charge in [0.1, 0.15) is 0 Å². The van der Waals surface area contributed by atoms with Gasteiger partial charge < -0.3 is 5.32 Å². The third-order valence-electron chi connectivity index (χ3n) is 5.46. The summed E-state index contributed by atoms with van der Waals surface area (Å²) >= 11 is 0.913. The Bertz CT molecular complexity index is 1200.